The minimum Gasteiger partial charge on any atom is -0.350 e. The van der Waals surface area contributed by atoms with E-state index in [0.717, 1.165) is 49.8 Å². The molecule has 1 aliphatic heterocycles. The lowest BCUT2D eigenvalue weighted by molar-refractivity contribution is -0.128. The molecule has 2 aliphatic rings. The number of carbonyl (C=O) groups is 2. The zero-order valence-corrected chi connectivity index (χ0v) is 17.9. The Kier molecular flexibility index (Phi) is 5.89. The van der Waals surface area contributed by atoms with Gasteiger partial charge in [-0.15, -0.1) is 0 Å². The lowest BCUT2D eigenvalue weighted by atomic mass is 9.64. The fourth-order valence-electron chi connectivity index (χ4n) is 5.39. The summed E-state index contributed by atoms with van der Waals surface area (Å²) in [6, 6.07) is 13.5. The largest absolute Gasteiger partial charge is 0.350 e. The van der Waals surface area contributed by atoms with Crippen LogP contribution in [0.5, 0.6) is 0 Å². The number of nitrogens with one attached hydrogen (secondary N) is 1. The third kappa shape index (κ3) is 3.51. The monoisotopic (exact) mass is 405 g/mol. The van der Waals surface area contributed by atoms with E-state index < -0.39 is 5.54 Å². The summed E-state index contributed by atoms with van der Waals surface area (Å²) in [7, 11) is 0. The first-order valence-electron chi connectivity index (χ1n) is 11.2. The van der Waals surface area contributed by atoms with Gasteiger partial charge in [0.15, 0.2) is 0 Å². The molecule has 2 heterocycles. The molecule has 1 saturated carbocycles. The Labute approximate surface area is 178 Å². The minimum atomic E-state index is -0.451. The summed E-state index contributed by atoms with van der Waals surface area (Å²) in [4.78, 5) is 33.7. The maximum absolute atomic E-state index is 13.7. The van der Waals surface area contributed by atoms with Gasteiger partial charge < -0.3 is 10.2 Å². The molecule has 0 bridgehead atoms. The number of hydrogen-bond donors (Lipinski definition) is 1. The summed E-state index contributed by atoms with van der Waals surface area (Å²) < 4.78 is 0. The molecule has 2 atom stereocenters. The van der Waals surface area contributed by atoms with Crippen LogP contribution >= 0.6 is 0 Å². The van der Waals surface area contributed by atoms with Crippen molar-refractivity contribution in [2.45, 2.75) is 76.4 Å². The average molecular weight is 406 g/mol. The van der Waals surface area contributed by atoms with Crippen molar-refractivity contribution in [2.75, 3.05) is 0 Å². The van der Waals surface area contributed by atoms with Crippen LogP contribution in [0.15, 0.2) is 48.7 Å². The third-order valence-electron chi connectivity index (χ3n) is 6.92. The van der Waals surface area contributed by atoms with E-state index in [1.54, 1.807) is 6.20 Å². The van der Waals surface area contributed by atoms with Gasteiger partial charge in [-0.3, -0.25) is 14.6 Å². The van der Waals surface area contributed by atoms with E-state index in [9.17, 15) is 9.59 Å². The van der Waals surface area contributed by atoms with Crippen molar-refractivity contribution in [3.8, 4) is 0 Å². The Hall–Kier alpha value is -2.69. The van der Waals surface area contributed by atoms with Gasteiger partial charge in [0.2, 0.25) is 5.91 Å². The predicted molar refractivity (Wildman–Crippen MR) is 117 cm³/mol. The van der Waals surface area contributed by atoms with Gasteiger partial charge in [0, 0.05) is 17.8 Å². The number of fused-ring (bicyclic) bond motifs is 1. The van der Waals surface area contributed by atoms with Crippen LogP contribution in [0.3, 0.4) is 0 Å². The molecular weight excluding hydrogens is 374 g/mol. The molecule has 1 aromatic carbocycles. The number of aromatic nitrogens is 1. The second kappa shape index (κ2) is 8.58. The van der Waals surface area contributed by atoms with Crippen molar-refractivity contribution >= 4 is 11.8 Å². The SMILES string of the molecule is CC[C@@H](C)N1C(=O)c2ccccc2[C@H](C(=O)NCc2ccccn2)C12CCCCC2. The fraction of sp³-hybridized carbons (Fsp3) is 0.480. The summed E-state index contributed by atoms with van der Waals surface area (Å²) in [5.41, 5.74) is 1.93. The summed E-state index contributed by atoms with van der Waals surface area (Å²) in [5.74, 6) is -0.282. The lowest BCUT2D eigenvalue weighted by Crippen LogP contribution is -2.64. The maximum atomic E-state index is 13.7. The second-order valence-electron chi connectivity index (χ2n) is 8.66. The summed E-state index contributed by atoms with van der Waals surface area (Å²) in [6.45, 7) is 4.63. The Bertz CT molecular complexity index is 906. The highest BCUT2D eigenvalue weighted by Crippen LogP contribution is 2.50. The van der Waals surface area contributed by atoms with Crippen molar-refractivity contribution in [1.82, 2.24) is 15.2 Å². The molecule has 2 amide bonds. The van der Waals surface area contributed by atoms with E-state index in [-0.39, 0.29) is 23.8 Å². The number of nitrogens with zero attached hydrogens (tertiary/aromatic N) is 2. The summed E-state index contributed by atoms with van der Waals surface area (Å²) in [5, 5.41) is 3.13. The number of hydrogen-bond acceptors (Lipinski definition) is 3. The van der Waals surface area contributed by atoms with Crippen LogP contribution < -0.4 is 5.32 Å². The third-order valence-corrected chi connectivity index (χ3v) is 6.92. The van der Waals surface area contributed by atoms with Crippen LogP contribution in [0.4, 0.5) is 0 Å². The van der Waals surface area contributed by atoms with Crippen LogP contribution in [-0.4, -0.2) is 33.3 Å². The van der Waals surface area contributed by atoms with Gasteiger partial charge in [0.05, 0.1) is 23.7 Å². The van der Waals surface area contributed by atoms with Crippen LogP contribution in [-0.2, 0) is 11.3 Å². The van der Waals surface area contributed by atoms with Gasteiger partial charge in [-0.25, -0.2) is 0 Å². The van der Waals surface area contributed by atoms with Gasteiger partial charge >= 0.3 is 0 Å². The van der Waals surface area contributed by atoms with Crippen LogP contribution in [0, 0.1) is 0 Å². The van der Waals surface area contributed by atoms with Crippen LogP contribution in [0.1, 0.15) is 79.9 Å². The Morgan fingerprint density at radius 2 is 1.90 bits per heavy atom. The van der Waals surface area contributed by atoms with Gasteiger partial charge in [0.25, 0.3) is 5.91 Å². The van der Waals surface area contributed by atoms with Gasteiger partial charge in [-0.1, -0.05) is 50.5 Å². The van der Waals surface area contributed by atoms with Crippen molar-refractivity contribution < 1.29 is 9.59 Å². The quantitative estimate of drug-likeness (QED) is 0.800. The molecule has 0 saturated heterocycles. The highest BCUT2D eigenvalue weighted by molar-refractivity contribution is 6.02. The highest BCUT2D eigenvalue weighted by Gasteiger charge is 2.55. The zero-order chi connectivity index (χ0) is 21.1. The number of rotatable bonds is 5. The molecule has 4 rings (SSSR count). The molecule has 30 heavy (non-hydrogen) atoms. The van der Waals surface area contributed by atoms with Crippen molar-refractivity contribution in [2.24, 2.45) is 0 Å². The smallest absolute Gasteiger partial charge is 0.254 e. The molecule has 5 nitrogen and oxygen atoms in total. The molecule has 1 fully saturated rings. The molecule has 158 valence electrons. The van der Waals surface area contributed by atoms with Gasteiger partial charge in [0.1, 0.15) is 0 Å². The topological polar surface area (TPSA) is 62.3 Å². The van der Waals surface area contributed by atoms with Crippen molar-refractivity contribution in [3.05, 3.63) is 65.5 Å². The first-order valence-corrected chi connectivity index (χ1v) is 11.2. The molecule has 5 heteroatoms. The number of amides is 2. The highest BCUT2D eigenvalue weighted by atomic mass is 16.2. The Morgan fingerprint density at radius 1 is 1.17 bits per heavy atom. The first kappa shape index (κ1) is 20.6. The van der Waals surface area contributed by atoms with Gasteiger partial charge in [-0.05, 0) is 49.9 Å². The molecule has 1 aromatic heterocycles. The van der Waals surface area contributed by atoms with E-state index in [1.165, 1.54) is 0 Å². The molecule has 0 unspecified atom stereocenters. The standard InChI is InChI=1S/C25H31N3O2/c1-3-18(2)28-24(30)21-13-6-5-12-20(21)22(25(28)14-8-4-9-15-25)23(29)27-17-19-11-7-10-16-26-19/h5-7,10-13,16,18,22H,3-4,8-9,14-15,17H2,1-2H3,(H,27,29)/t18-,22-/m1/s1. The first-order chi connectivity index (χ1) is 14.6. The Balaban J connectivity index is 1.76. The Morgan fingerprint density at radius 3 is 2.60 bits per heavy atom. The number of carbonyl (C=O) groups excluding carboxylic acids is 2. The van der Waals surface area contributed by atoms with Crippen LogP contribution in [0.2, 0.25) is 0 Å². The lowest BCUT2D eigenvalue weighted by Gasteiger charge is -2.55. The zero-order valence-electron chi connectivity index (χ0n) is 17.9. The summed E-state index contributed by atoms with van der Waals surface area (Å²) in [6.07, 6.45) is 7.62. The number of pyridine rings is 1. The average Bonchev–Trinajstić information content (AvgIpc) is 2.79. The van der Waals surface area contributed by atoms with Gasteiger partial charge in [-0.2, -0.15) is 0 Å². The minimum absolute atomic E-state index is 0.00388. The molecule has 2 aromatic rings. The molecule has 0 radical (unpaired) electrons. The normalized spacial score (nSPS) is 21.2. The predicted octanol–water partition coefficient (Wildman–Crippen LogP) is 4.44. The molecule has 1 N–H and O–H groups in total. The van der Waals surface area contributed by atoms with E-state index >= 15 is 0 Å². The second-order valence-corrected chi connectivity index (χ2v) is 8.66. The molecule has 1 spiro atoms. The summed E-state index contributed by atoms with van der Waals surface area (Å²) >= 11 is 0. The van der Waals surface area contributed by atoms with E-state index in [2.05, 4.69) is 29.0 Å². The molecule has 1 aliphatic carbocycles. The van der Waals surface area contributed by atoms with Crippen LogP contribution in [0.25, 0.3) is 0 Å². The number of benzene rings is 1. The fourth-order valence-corrected chi connectivity index (χ4v) is 5.39. The van der Waals surface area contributed by atoms with Crippen molar-refractivity contribution in [1.29, 1.82) is 0 Å². The maximum Gasteiger partial charge on any atom is 0.254 e. The molecular formula is C25H31N3O2. The van der Waals surface area contributed by atoms with E-state index in [4.69, 9.17) is 0 Å². The van der Waals surface area contributed by atoms with Crippen molar-refractivity contribution in [3.63, 3.8) is 0 Å². The van der Waals surface area contributed by atoms with E-state index in [1.807, 2.05) is 42.5 Å². The van der Waals surface area contributed by atoms with E-state index in [0.29, 0.717) is 12.1 Å².